The zero-order valence-electron chi connectivity index (χ0n) is 16.0. The maximum absolute atomic E-state index is 8.52. The van der Waals surface area contributed by atoms with E-state index in [0.717, 1.165) is 5.75 Å². The van der Waals surface area contributed by atoms with Gasteiger partial charge < -0.3 is 14.7 Å². The van der Waals surface area contributed by atoms with Crippen molar-refractivity contribution in [2.24, 2.45) is 0 Å². The molecule has 0 bridgehead atoms. The molecule has 0 rings (SSSR count). The van der Waals surface area contributed by atoms with Crippen LogP contribution in [0.1, 0.15) is 110 Å². The number of hydrogen-bond donors (Lipinski definition) is 2. The summed E-state index contributed by atoms with van der Waals surface area (Å²) in [6.07, 6.45) is 22.3. The fraction of sp³-hybridized carbons (Fsp3) is 1.00. The van der Waals surface area contributed by atoms with Crippen LogP contribution in [0, 0.1) is 0 Å². The average Bonchev–Trinajstić information content (AvgIpc) is 2.56. The molecule has 0 aliphatic rings. The summed E-state index contributed by atoms with van der Waals surface area (Å²) < 4.78 is 4.64. The van der Waals surface area contributed by atoms with Gasteiger partial charge in [-0.05, 0) is 12.2 Å². The molecule has 0 aromatic heterocycles. The van der Waals surface area contributed by atoms with Crippen molar-refractivity contribution < 1.29 is 14.7 Å². The zero-order chi connectivity index (χ0) is 17.7. The molecule has 24 heavy (non-hydrogen) atoms. The molecular weight excluding hydrogens is 319 g/mol. The minimum Gasteiger partial charge on any atom is -0.402 e. The third-order valence-electron chi connectivity index (χ3n) is 4.44. The second-order valence-electron chi connectivity index (χ2n) is 6.82. The Kier molecular flexibility index (Phi) is 21.6. The molecule has 0 radical (unpaired) electrons. The van der Waals surface area contributed by atoms with E-state index in [1.54, 1.807) is 11.8 Å². The van der Waals surface area contributed by atoms with Gasteiger partial charge >= 0.3 is 7.32 Å². The summed E-state index contributed by atoms with van der Waals surface area (Å²) in [5.41, 5.74) is 0. The van der Waals surface area contributed by atoms with Crippen LogP contribution in [0.25, 0.3) is 0 Å². The van der Waals surface area contributed by atoms with E-state index >= 15 is 0 Å². The van der Waals surface area contributed by atoms with Gasteiger partial charge in [-0.15, -0.1) is 11.8 Å². The summed E-state index contributed by atoms with van der Waals surface area (Å²) in [6.45, 7) is 2.28. The lowest BCUT2D eigenvalue weighted by atomic mass is 10.0. The molecule has 3 nitrogen and oxygen atoms in total. The van der Waals surface area contributed by atoms with Gasteiger partial charge in [-0.3, -0.25) is 0 Å². The van der Waals surface area contributed by atoms with Gasteiger partial charge in [-0.25, -0.2) is 0 Å². The van der Waals surface area contributed by atoms with Gasteiger partial charge in [0.15, 0.2) is 0 Å². The fourth-order valence-electron chi connectivity index (χ4n) is 2.92. The Hall–Kier alpha value is 0.295. The highest BCUT2D eigenvalue weighted by Crippen LogP contribution is 2.14. The molecule has 0 amide bonds. The van der Waals surface area contributed by atoms with E-state index in [0.29, 0.717) is 5.94 Å². The first-order chi connectivity index (χ1) is 11.8. The predicted molar refractivity (Wildman–Crippen MR) is 108 cm³/mol. The largest absolute Gasteiger partial charge is 0.634 e. The van der Waals surface area contributed by atoms with E-state index in [1.807, 2.05) is 0 Å². The highest BCUT2D eigenvalue weighted by atomic mass is 32.2. The van der Waals surface area contributed by atoms with E-state index < -0.39 is 7.32 Å². The van der Waals surface area contributed by atoms with Gasteiger partial charge in [0.2, 0.25) is 0 Å². The van der Waals surface area contributed by atoms with Crippen molar-refractivity contribution in [3.63, 3.8) is 0 Å². The van der Waals surface area contributed by atoms with Gasteiger partial charge in [0.25, 0.3) is 0 Å². The topological polar surface area (TPSA) is 49.7 Å². The Morgan fingerprint density at radius 3 is 1.38 bits per heavy atom. The molecule has 0 fully saturated rings. The van der Waals surface area contributed by atoms with Crippen LogP contribution in [0.3, 0.4) is 0 Å². The van der Waals surface area contributed by atoms with Gasteiger partial charge in [-0.2, -0.15) is 0 Å². The molecule has 2 N–H and O–H groups in total. The summed E-state index contributed by atoms with van der Waals surface area (Å²) in [4.78, 5) is 0. The quantitative estimate of drug-likeness (QED) is 0.161. The summed E-state index contributed by atoms with van der Waals surface area (Å²) in [6, 6.07) is 0. The van der Waals surface area contributed by atoms with E-state index in [1.165, 1.54) is 103 Å². The van der Waals surface area contributed by atoms with Crippen LogP contribution in [-0.4, -0.2) is 29.1 Å². The Labute approximate surface area is 155 Å². The molecule has 0 spiro atoms. The maximum Gasteiger partial charge on any atom is 0.634 e. The molecule has 0 unspecified atom stereocenters. The SMILES string of the molecule is CCCCCCCCCCCCCCCCCCSCOB(O)O. The number of rotatable bonds is 20. The Morgan fingerprint density at radius 1 is 0.625 bits per heavy atom. The Bertz CT molecular complexity index is 231. The summed E-state index contributed by atoms with van der Waals surface area (Å²) in [7, 11) is -1.62. The van der Waals surface area contributed by atoms with Crippen LogP contribution in [0.4, 0.5) is 0 Å². The van der Waals surface area contributed by atoms with Crippen LogP contribution in [0.15, 0.2) is 0 Å². The number of thioether (sulfide) groups is 1. The van der Waals surface area contributed by atoms with Crippen LogP contribution in [0.2, 0.25) is 0 Å². The molecule has 0 saturated heterocycles. The highest BCUT2D eigenvalue weighted by molar-refractivity contribution is 7.99. The minimum absolute atomic E-state index is 0.371. The van der Waals surface area contributed by atoms with Crippen molar-refractivity contribution in [3.8, 4) is 0 Å². The summed E-state index contributed by atoms with van der Waals surface area (Å²) in [5, 5.41) is 17.0. The second-order valence-corrected chi connectivity index (χ2v) is 7.87. The van der Waals surface area contributed by atoms with Crippen molar-refractivity contribution in [1.82, 2.24) is 0 Å². The first kappa shape index (κ1) is 24.3. The monoisotopic (exact) mass is 360 g/mol. The molecule has 5 heteroatoms. The van der Waals surface area contributed by atoms with Gasteiger partial charge in [0, 0.05) is 0 Å². The molecule has 0 aromatic rings. The van der Waals surface area contributed by atoms with Gasteiger partial charge in [-0.1, -0.05) is 103 Å². The lowest BCUT2D eigenvalue weighted by Crippen LogP contribution is -2.16. The van der Waals surface area contributed by atoms with Crippen molar-refractivity contribution >= 4 is 19.1 Å². The number of unbranched alkanes of at least 4 members (excludes halogenated alkanes) is 15. The first-order valence-corrected chi connectivity index (χ1v) is 11.5. The lowest BCUT2D eigenvalue weighted by Gasteiger charge is -2.04. The van der Waals surface area contributed by atoms with E-state index in [4.69, 9.17) is 10.0 Å². The lowest BCUT2D eigenvalue weighted by molar-refractivity contribution is 0.220. The molecule has 144 valence electrons. The standard InChI is InChI=1S/C19H41BO3S/c1-2-3-4-5-6-7-8-9-10-11-12-13-14-15-16-17-18-24-19-23-20(21)22/h21-22H,2-19H2,1H3. The fourth-order valence-corrected chi connectivity index (χ4v) is 3.66. The van der Waals surface area contributed by atoms with Crippen molar-refractivity contribution in [2.75, 3.05) is 11.7 Å². The van der Waals surface area contributed by atoms with E-state index in [9.17, 15) is 0 Å². The number of hydrogen-bond acceptors (Lipinski definition) is 4. The molecule has 0 aliphatic heterocycles. The van der Waals surface area contributed by atoms with Gasteiger partial charge in [0.1, 0.15) is 0 Å². The van der Waals surface area contributed by atoms with Gasteiger partial charge in [0.05, 0.1) is 5.94 Å². The van der Waals surface area contributed by atoms with E-state index in [-0.39, 0.29) is 0 Å². The smallest absolute Gasteiger partial charge is 0.402 e. The van der Waals surface area contributed by atoms with Crippen LogP contribution >= 0.6 is 11.8 Å². The van der Waals surface area contributed by atoms with E-state index in [2.05, 4.69) is 11.6 Å². The van der Waals surface area contributed by atoms with Crippen LogP contribution in [-0.2, 0) is 4.65 Å². The molecule has 0 aliphatic carbocycles. The van der Waals surface area contributed by atoms with Crippen LogP contribution in [0.5, 0.6) is 0 Å². The van der Waals surface area contributed by atoms with Crippen LogP contribution < -0.4 is 0 Å². The highest BCUT2D eigenvalue weighted by Gasteiger charge is 2.06. The second kappa shape index (κ2) is 21.3. The third-order valence-corrected chi connectivity index (χ3v) is 5.32. The van der Waals surface area contributed by atoms with Crippen molar-refractivity contribution in [3.05, 3.63) is 0 Å². The maximum atomic E-state index is 8.52. The zero-order valence-corrected chi connectivity index (χ0v) is 16.8. The van der Waals surface area contributed by atoms with Crippen molar-refractivity contribution in [1.29, 1.82) is 0 Å². The summed E-state index contributed by atoms with van der Waals surface area (Å²) in [5.74, 6) is 1.42. The molecule has 0 atom stereocenters. The molecular formula is C19H41BO3S. The third kappa shape index (κ3) is 22.3. The normalized spacial score (nSPS) is 11.1. The summed E-state index contributed by atoms with van der Waals surface area (Å²) >= 11 is 1.63. The predicted octanol–water partition coefficient (Wildman–Crippen LogP) is 5.92. The Morgan fingerprint density at radius 2 is 1.00 bits per heavy atom. The average molecular weight is 360 g/mol. The molecule has 0 aromatic carbocycles. The molecule has 0 heterocycles. The first-order valence-electron chi connectivity index (χ1n) is 10.3. The Balaban J connectivity index is 2.95. The minimum atomic E-state index is -1.62. The van der Waals surface area contributed by atoms with Crippen molar-refractivity contribution in [2.45, 2.75) is 110 Å². The molecule has 0 saturated carbocycles.